The zero-order chi connectivity index (χ0) is 23.5. The number of carbonyl (C=O) groups excluding carboxylic acids is 1. The Balaban J connectivity index is 1.65. The van der Waals surface area contributed by atoms with Crippen LogP contribution in [0.2, 0.25) is 0 Å². The molecule has 2 N–H and O–H groups in total. The highest BCUT2D eigenvalue weighted by Crippen LogP contribution is 2.73. The lowest BCUT2D eigenvalue weighted by Gasteiger charge is -2.63. The van der Waals surface area contributed by atoms with Gasteiger partial charge in [-0.3, -0.25) is 4.79 Å². The van der Waals surface area contributed by atoms with E-state index in [-0.39, 0.29) is 18.4 Å². The van der Waals surface area contributed by atoms with Crippen molar-refractivity contribution in [3.8, 4) is 0 Å². The fraction of sp³-hybridized carbons (Fsp3) is 0.792. The van der Waals surface area contributed by atoms with Gasteiger partial charge in [-0.15, -0.1) is 11.6 Å². The van der Waals surface area contributed by atoms with Crippen LogP contribution in [-0.2, 0) is 14.3 Å². The molecular weight excluding hydrogens is 442 g/mol. The Morgan fingerprint density at radius 2 is 1.94 bits per heavy atom. The quantitative estimate of drug-likeness (QED) is 0.476. The first-order chi connectivity index (χ1) is 14.8. The Morgan fingerprint density at radius 3 is 2.59 bits per heavy atom. The fourth-order valence-corrected chi connectivity index (χ4v) is 8.68. The van der Waals surface area contributed by atoms with Crippen LogP contribution in [0, 0.1) is 22.7 Å². The van der Waals surface area contributed by atoms with E-state index in [2.05, 4.69) is 0 Å². The van der Waals surface area contributed by atoms with Gasteiger partial charge in [0.15, 0.2) is 17.2 Å². The van der Waals surface area contributed by atoms with E-state index in [9.17, 15) is 15.0 Å². The lowest BCUT2D eigenvalue weighted by Crippen LogP contribution is -2.70. The first-order valence-electron chi connectivity index (χ1n) is 11.4. The zero-order valence-corrected chi connectivity index (χ0v) is 19.5. The summed E-state index contributed by atoms with van der Waals surface area (Å²) in [7, 11) is 0. The molecule has 1 saturated heterocycles. The Bertz CT molecular complexity index is 922. The Labute approximate surface area is 191 Å². The highest BCUT2D eigenvalue weighted by molar-refractivity contribution is 6.21. The molecule has 0 aromatic carbocycles. The molecule has 1 aliphatic heterocycles. The minimum absolute atomic E-state index is 0.0958. The number of alkyl halides is 3. The van der Waals surface area contributed by atoms with Crippen molar-refractivity contribution < 1.29 is 33.3 Å². The number of hydrogen-bond acceptors (Lipinski definition) is 5. The number of allylic oxidation sites excluding steroid dienone is 2. The average molecular weight is 473 g/mol. The van der Waals surface area contributed by atoms with Gasteiger partial charge in [-0.25, -0.2) is 8.78 Å². The molecule has 0 aromatic heterocycles. The maximum Gasteiger partial charge on any atom is 0.193 e. The monoisotopic (exact) mass is 472 g/mol. The number of ether oxygens (including phenoxy) is 2. The SMILES string of the molecule is CC1(C)O[C@@H]2C[C@H]3[C@@H]4C[C@H](F)C5=CC(O)C=C[C@]5(C)[C@@]4(F)[C@@H](Cl)C[C@]3(C)[C@]2(C(=O)CO)O1. The highest BCUT2D eigenvalue weighted by Gasteiger charge is 2.80. The van der Waals surface area contributed by atoms with E-state index in [0.29, 0.717) is 6.42 Å². The number of rotatable bonds is 2. The minimum Gasteiger partial charge on any atom is -0.388 e. The third-order valence-electron chi connectivity index (χ3n) is 9.23. The number of Topliss-reactive ketones (excluding diaryl/α,β-unsaturated/α-hetero) is 1. The van der Waals surface area contributed by atoms with E-state index >= 15 is 8.78 Å². The molecule has 4 fully saturated rings. The number of hydrogen-bond donors (Lipinski definition) is 2. The molecule has 4 aliphatic carbocycles. The molecule has 32 heavy (non-hydrogen) atoms. The molecule has 8 heteroatoms. The summed E-state index contributed by atoms with van der Waals surface area (Å²) in [6.45, 7) is 6.20. The van der Waals surface area contributed by atoms with E-state index in [4.69, 9.17) is 21.1 Å². The van der Waals surface area contributed by atoms with Crippen LogP contribution in [0.25, 0.3) is 0 Å². The van der Waals surface area contributed by atoms with Gasteiger partial charge in [0.2, 0.25) is 0 Å². The molecule has 0 bridgehead atoms. The zero-order valence-electron chi connectivity index (χ0n) is 18.8. The average Bonchev–Trinajstić information content (AvgIpc) is 3.11. The first-order valence-corrected chi connectivity index (χ1v) is 11.8. The molecule has 5 nitrogen and oxygen atoms in total. The topological polar surface area (TPSA) is 76.0 Å². The second kappa shape index (κ2) is 6.63. The van der Waals surface area contributed by atoms with Crippen LogP contribution in [0.4, 0.5) is 8.78 Å². The van der Waals surface area contributed by atoms with Crippen LogP contribution in [-0.4, -0.2) is 63.4 Å². The predicted octanol–water partition coefficient (Wildman–Crippen LogP) is 3.41. The summed E-state index contributed by atoms with van der Waals surface area (Å²) in [5, 5.41) is 18.8. The number of halogens is 3. The third kappa shape index (κ3) is 2.45. The van der Waals surface area contributed by atoms with Crippen LogP contribution in [0.1, 0.15) is 47.0 Å². The largest absolute Gasteiger partial charge is 0.388 e. The molecule has 0 amide bonds. The molecule has 1 heterocycles. The van der Waals surface area contributed by atoms with Crippen LogP contribution >= 0.6 is 11.6 Å². The fourth-order valence-electron chi connectivity index (χ4n) is 7.97. The Morgan fingerprint density at radius 1 is 1.25 bits per heavy atom. The van der Waals surface area contributed by atoms with Crippen molar-refractivity contribution in [3.05, 3.63) is 23.8 Å². The standard InChI is InChI=1S/C24H31ClF2O5/c1-20(2)31-19-9-13-14-8-16(26)15-7-12(29)5-6-21(15,3)23(14,27)17(25)10-22(13,4)24(19,32-20)18(30)11-28/h5-7,12-14,16-17,19,28-29H,8-11H2,1-4H3/t12?,13-,14-,16-,17-,19+,21-,22-,23-,24+/m0/s1. The second-order valence-electron chi connectivity index (χ2n) is 11.1. The van der Waals surface area contributed by atoms with Gasteiger partial charge in [0.05, 0.1) is 17.6 Å². The van der Waals surface area contributed by atoms with E-state index in [1.54, 1.807) is 26.8 Å². The van der Waals surface area contributed by atoms with Crippen LogP contribution in [0.5, 0.6) is 0 Å². The van der Waals surface area contributed by atoms with Crippen molar-refractivity contribution >= 4 is 17.4 Å². The summed E-state index contributed by atoms with van der Waals surface area (Å²) in [6.07, 6.45) is 1.70. The van der Waals surface area contributed by atoms with Gasteiger partial charge in [0.25, 0.3) is 0 Å². The minimum atomic E-state index is -1.98. The van der Waals surface area contributed by atoms with Crippen molar-refractivity contribution in [1.82, 2.24) is 0 Å². The number of aliphatic hydroxyl groups excluding tert-OH is 2. The molecule has 0 spiro atoms. The summed E-state index contributed by atoms with van der Waals surface area (Å²) >= 11 is 6.86. The maximum atomic E-state index is 17.3. The van der Waals surface area contributed by atoms with Gasteiger partial charge >= 0.3 is 0 Å². The second-order valence-corrected chi connectivity index (χ2v) is 11.6. The number of ketones is 1. The summed E-state index contributed by atoms with van der Waals surface area (Å²) in [4.78, 5) is 13.2. The molecule has 3 saturated carbocycles. The summed E-state index contributed by atoms with van der Waals surface area (Å²) < 4.78 is 45.2. The van der Waals surface area contributed by atoms with Crippen LogP contribution < -0.4 is 0 Å². The van der Waals surface area contributed by atoms with E-state index in [1.807, 2.05) is 6.92 Å². The molecule has 1 unspecified atom stereocenters. The number of fused-ring (bicyclic) bond motifs is 7. The first kappa shape index (κ1) is 22.9. The number of aliphatic hydroxyl groups is 2. The van der Waals surface area contributed by atoms with Gasteiger partial charge < -0.3 is 19.7 Å². The molecule has 0 aromatic rings. The Hall–Kier alpha value is -0.860. The van der Waals surface area contributed by atoms with Crippen molar-refractivity contribution in [2.24, 2.45) is 22.7 Å². The number of carbonyl (C=O) groups is 1. The van der Waals surface area contributed by atoms with E-state index in [1.165, 1.54) is 12.2 Å². The van der Waals surface area contributed by atoms with Gasteiger partial charge in [0, 0.05) is 16.7 Å². The van der Waals surface area contributed by atoms with Gasteiger partial charge in [-0.1, -0.05) is 19.1 Å². The van der Waals surface area contributed by atoms with Crippen LogP contribution in [0.15, 0.2) is 23.8 Å². The van der Waals surface area contributed by atoms with Crippen molar-refractivity contribution in [1.29, 1.82) is 0 Å². The summed E-state index contributed by atoms with van der Waals surface area (Å²) in [5.74, 6) is -2.77. The van der Waals surface area contributed by atoms with Crippen molar-refractivity contribution in [3.63, 3.8) is 0 Å². The van der Waals surface area contributed by atoms with Crippen molar-refractivity contribution in [2.75, 3.05) is 6.61 Å². The third-order valence-corrected chi connectivity index (χ3v) is 9.71. The molecule has 5 aliphatic rings. The van der Waals surface area contributed by atoms with E-state index in [0.717, 1.165) is 0 Å². The molecule has 5 rings (SSSR count). The smallest absolute Gasteiger partial charge is 0.193 e. The van der Waals surface area contributed by atoms with Crippen LogP contribution in [0.3, 0.4) is 0 Å². The molecule has 10 atom stereocenters. The van der Waals surface area contributed by atoms with Gasteiger partial charge in [0.1, 0.15) is 18.4 Å². The highest BCUT2D eigenvalue weighted by atomic mass is 35.5. The molecular formula is C24H31ClF2O5. The maximum absolute atomic E-state index is 17.3. The van der Waals surface area contributed by atoms with E-state index < -0.39 is 75.9 Å². The molecule has 0 radical (unpaired) electrons. The summed E-state index contributed by atoms with van der Waals surface area (Å²) in [5.41, 5.74) is -5.47. The van der Waals surface area contributed by atoms with Gasteiger partial charge in [-0.2, -0.15) is 0 Å². The Kier molecular flexibility index (Phi) is 4.74. The lowest BCUT2D eigenvalue weighted by atomic mass is 9.45. The lowest BCUT2D eigenvalue weighted by molar-refractivity contribution is -0.225. The van der Waals surface area contributed by atoms with Crippen molar-refractivity contribution in [2.45, 2.75) is 87.8 Å². The normalized spacial score (nSPS) is 55.5. The summed E-state index contributed by atoms with van der Waals surface area (Å²) in [6, 6.07) is 0. The van der Waals surface area contributed by atoms with Gasteiger partial charge in [-0.05, 0) is 57.6 Å². The predicted molar refractivity (Wildman–Crippen MR) is 114 cm³/mol. The molecule has 178 valence electrons.